The van der Waals surface area contributed by atoms with Gasteiger partial charge in [-0.3, -0.25) is 4.79 Å². The van der Waals surface area contributed by atoms with Crippen molar-refractivity contribution < 1.29 is 9.53 Å². The molecular formula is C28H41BO2S. The van der Waals surface area contributed by atoms with E-state index in [2.05, 4.69) is 18.7 Å². The van der Waals surface area contributed by atoms with Crippen molar-refractivity contribution in [3.8, 4) is 0 Å². The fraction of sp³-hybridized carbons (Fsp3) is 0.750. The summed E-state index contributed by atoms with van der Waals surface area (Å²) in [5.41, 5.74) is 1.60. The van der Waals surface area contributed by atoms with Crippen molar-refractivity contribution in [3.05, 3.63) is 35.9 Å². The molecule has 1 heterocycles. The molecule has 174 valence electrons. The largest absolute Gasteiger partial charge is 0.461 e. The molecule has 0 amide bonds. The molecule has 0 spiro atoms. The molecule has 1 aromatic rings. The number of hydrogen-bond donors (Lipinski definition) is 0. The van der Waals surface area contributed by atoms with Crippen molar-refractivity contribution in [2.24, 2.45) is 35.0 Å². The van der Waals surface area contributed by atoms with Gasteiger partial charge >= 0.3 is 0 Å². The second kappa shape index (κ2) is 10.2. The lowest BCUT2D eigenvalue weighted by Gasteiger charge is -2.51. The summed E-state index contributed by atoms with van der Waals surface area (Å²) >= 11 is 2.34. The Labute approximate surface area is 200 Å². The molecule has 32 heavy (non-hydrogen) atoms. The van der Waals surface area contributed by atoms with E-state index < -0.39 is 0 Å². The molecule has 5 rings (SSSR count). The molecule has 4 fully saturated rings. The first-order chi connectivity index (χ1) is 15.6. The molecule has 7 atom stereocenters. The van der Waals surface area contributed by atoms with Crippen LogP contribution in [0.1, 0.15) is 70.3 Å². The summed E-state index contributed by atoms with van der Waals surface area (Å²) in [5.74, 6) is 6.15. The molecule has 1 saturated heterocycles. The predicted molar refractivity (Wildman–Crippen MR) is 136 cm³/mol. The van der Waals surface area contributed by atoms with Crippen LogP contribution in [-0.4, -0.2) is 24.3 Å². The highest BCUT2D eigenvalue weighted by atomic mass is 32.2. The van der Waals surface area contributed by atoms with Crippen LogP contribution < -0.4 is 0 Å². The number of esters is 1. The minimum Gasteiger partial charge on any atom is -0.461 e. The minimum absolute atomic E-state index is 0.0265. The second-order valence-corrected chi connectivity index (χ2v) is 12.8. The fourth-order valence-electron chi connectivity index (χ4n) is 8.33. The normalized spacial score (nSPS) is 38.7. The van der Waals surface area contributed by atoms with Gasteiger partial charge in [-0.15, -0.1) is 0 Å². The van der Waals surface area contributed by atoms with Gasteiger partial charge in [-0.25, -0.2) is 0 Å². The summed E-state index contributed by atoms with van der Waals surface area (Å²) in [6, 6.07) is 10.0. The van der Waals surface area contributed by atoms with Crippen LogP contribution in [0.3, 0.4) is 0 Å². The van der Waals surface area contributed by atoms with Crippen molar-refractivity contribution in [2.75, 3.05) is 5.75 Å². The van der Waals surface area contributed by atoms with Crippen LogP contribution in [0.15, 0.2) is 30.3 Å². The number of fused-ring (bicyclic) bond motifs is 5. The van der Waals surface area contributed by atoms with E-state index in [1.54, 1.807) is 0 Å². The van der Waals surface area contributed by atoms with Gasteiger partial charge in [0.05, 0.1) is 0 Å². The molecule has 0 bridgehead atoms. The predicted octanol–water partition coefficient (Wildman–Crippen LogP) is 6.76. The first-order valence-electron chi connectivity index (χ1n) is 13.5. The zero-order valence-corrected chi connectivity index (χ0v) is 20.8. The van der Waals surface area contributed by atoms with Crippen LogP contribution in [0.2, 0.25) is 12.6 Å². The van der Waals surface area contributed by atoms with Crippen LogP contribution in [0.4, 0.5) is 0 Å². The smallest absolute Gasteiger partial charge is 0.298 e. The lowest BCUT2D eigenvalue weighted by molar-refractivity contribution is -0.142. The Morgan fingerprint density at radius 1 is 1.03 bits per heavy atom. The van der Waals surface area contributed by atoms with Gasteiger partial charge < -0.3 is 4.74 Å². The molecule has 4 heteroatoms. The minimum atomic E-state index is -0.0265. The first kappa shape index (κ1) is 22.9. The molecule has 0 radical (unpaired) electrons. The SMILES string of the molecule is CC12CCC3C4CCCCC4SCCC3C1CCC2CBCC(=O)OCc1ccccc1. The second-order valence-electron chi connectivity index (χ2n) is 11.4. The monoisotopic (exact) mass is 452 g/mol. The van der Waals surface area contributed by atoms with Crippen LogP contribution in [-0.2, 0) is 16.1 Å². The maximum absolute atomic E-state index is 12.3. The maximum atomic E-state index is 12.3. The zero-order chi connectivity index (χ0) is 22.0. The Bertz CT molecular complexity index is 770. The highest BCUT2D eigenvalue weighted by molar-refractivity contribution is 7.99. The molecule has 1 aromatic carbocycles. The lowest BCUT2D eigenvalue weighted by Crippen LogP contribution is -2.45. The molecule has 7 unspecified atom stereocenters. The van der Waals surface area contributed by atoms with E-state index in [9.17, 15) is 4.79 Å². The third-order valence-electron chi connectivity index (χ3n) is 9.95. The Morgan fingerprint density at radius 3 is 2.75 bits per heavy atom. The molecule has 0 N–H and O–H groups in total. The summed E-state index contributed by atoms with van der Waals surface area (Å²) < 4.78 is 5.52. The first-order valence-corrected chi connectivity index (χ1v) is 14.5. The topological polar surface area (TPSA) is 26.3 Å². The summed E-state index contributed by atoms with van der Waals surface area (Å²) in [6.07, 6.45) is 15.0. The van der Waals surface area contributed by atoms with Gasteiger partial charge in [0.15, 0.2) is 0 Å². The average Bonchev–Trinajstić information content (AvgIpc) is 3.03. The van der Waals surface area contributed by atoms with Gasteiger partial charge in [-0.05, 0) is 84.8 Å². The summed E-state index contributed by atoms with van der Waals surface area (Å²) in [4.78, 5) is 12.3. The molecule has 2 nitrogen and oxygen atoms in total. The maximum Gasteiger partial charge on any atom is 0.298 e. The van der Waals surface area contributed by atoms with E-state index in [4.69, 9.17) is 4.74 Å². The Kier molecular flexibility index (Phi) is 7.26. The number of hydrogen-bond acceptors (Lipinski definition) is 3. The standard InChI is InChI=1S/C28H41BO2S/c1-28-15-13-22-23(14-16-32-26-10-6-5-9-24(22)26)25(28)12-11-21(28)17-29-18-27(30)31-19-20-7-3-2-4-8-20/h2-4,7-8,21-26,29H,5-6,9-19H2,1H3. The van der Waals surface area contributed by atoms with Gasteiger partial charge in [-0.1, -0.05) is 62.8 Å². The van der Waals surface area contributed by atoms with Gasteiger partial charge in [-0.2, -0.15) is 11.8 Å². The van der Waals surface area contributed by atoms with Gasteiger partial charge in [0.2, 0.25) is 0 Å². The number of carbonyl (C=O) groups excluding carboxylic acids is 1. The van der Waals surface area contributed by atoms with Gasteiger partial charge in [0, 0.05) is 11.6 Å². The van der Waals surface area contributed by atoms with Crippen LogP contribution in [0, 0.1) is 35.0 Å². The number of benzene rings is 1. The highest BCUT2D eigenvalue weighted by Crippen LogP contribution is 2.63. The van der Waals surface area contributed by atoms with E-state index in [0.29, 0.717) is 18.3 Å². The summed E-state index contributed by atoms with van der Waals surface area (Å²) in [7, 11) is 0.995. The quantitative estimate of drug-likeness (QED) is 0.352. The van der Waals surface area contributed by atoms with Gasteiger partial charge in [0.1, 0.15) is 13.9 Å². The van der Waals surface area contributed by atoms with Crippen molar-refractivity contribution in [3.63, 3.8) is 0 Å². The van der Waals surface area contributed by atoms with E-state index in [-0.39, 0.29) is 5.97 Å². The molecular weight excluding hydrogens is 411 g/mol. The van der Waals surface area contributed by atoms with E-state index in [0.717, 1.165) is 47.7 Å². The zero-order valence-electron chi connectivity index (χ0n) is 20.0. The van der Waals surface area contributed by atoms with E-state index in [1.165, 1.54) is 69.9 Å². The van der Waals surface area contributed by atoms with Crippen molar-refractivity contribution in [1.29, 1.82) is 0 Å². The van der Waals surface area contributed by atoms with Crippen LogP contribution in [0.5, 0.6) is 0 Å². The van der Waals surface area contributed by atoms with Crippen molar-refractivity contribution >= 4 is 25.0 Å². The average molecular weight is 453 g/mol. The fourth-order valence-corrected chi connectivity index (χ4v) is 9.96. The number of thioether (sulfide) groups is 1. The van der Waals surface area contributed by atoms with Crippen molar-refractivity contribution in [1.82, 2.24) is 0 Å². The third-order valence-corrected chi connectivity index (χ3v) is 11.4. The molecule has 3 aliphatic carbocycles. The molecule has 1 aliphatic heterocycles. The lowest BCUT2D eigenvalue weighted by atomic mass is 9.52. The number of ether oxygens (including phenoxy) is 1. The number of carbonyl (C=O) groups is 1. The van der Waals surface area contributed by atoms with Crippen LogP contribution in [0.25, 0.3) is 0 Å². The molecule has 0 aromatic heterocycles. The Hall–Kier alpha value is -0.895. The Morgan fingerprint density at radius 2 is 1.88 bits per heavy atom. The van der Waals surface area contributed by atoms with Crippen molar-refractivity contribution in [2.45, 2.75) is 89.2 Å². The molecule has 3 saturated carbocycles. The number of rotatable bonds is 6. The molecule has 4 aliphatic rings. The van der Waals surface area contributed by atoms with E-state index in [1.807, 2.05) is 30.3 Å². The van der Waals surface area contributed by atoms with E-state index >= 15 is 0 Å². The highest BCUT2D eigenvalue weighted by Gasteiger charge is 2.55. The summed E-state index contributed by atoms with van der Waals surface area (Å²) in [5, 5.41) is 0.974. The van der Waals surface area contributed by atoms with Gasteiger partial charge in [0.25, 0.3) is 5.97 Å². The third kappa shape index (κ3) is 4.68. The van der Waals surface area contributed by atoms with Crippen LogP contribution >= 0.6 is 11.8 Å². The summed E-state index contributed by atoms with van der Waals surface area (Å²) in [6.45, 7) is 3.04. The Balaban J connectivity index is 1.14.